The van der Waals surface area contributed by atoms with Gasteiger partial charge in [-0.25, -0.2) is 4.39 Å². The van der Waals surface area contributed by atoms with E-state index in [4.69, 9.17) is 21.1 Å². The summed E-state index contributed by atoms with van der Waals surface area (Å²) in [5.41, 5.74) is 1.69. The van der Waals surface area contributed by atoms with Crippen molar-refractivity contribution in [2.75, 3.05) is 6.54 Å². The zero-order valence-electron chi connectivity index (χ0n) is 16.8. The molecule has 2 fully saturated rings. The fourth-order valence-electron chi connectivity index (χ4n) is 3.98. The first-order chi connectivity index (χ1) is 15.0. The zero-order chi connectivity index (χ0) is 21.8. The number of amides is 1. The van der Waals surface area contributed by atoms with Crippen LogP contribution in [0.15, 0.2) is 42.7 Å². The lowest BCUT2D eigenvalue weighted by molar-refractivity contribution is -0.124. The maximum atomic E-state index is 12.9. The molecule has 31 heavy (non-hydrogen) atoms. The lowest BCUT2D eigenvalue weighted by Gasteiger charge is -2.20. The monoisotopic (exact) mass is 449 g/mol. The highest BCUT2D eigenvalue weighted by molar-refractivity contribution is 6.31. The quantitative estimate of drug-likeness (QED) is 0.570. The van der Waals surface area contributed by atoms with Gasteiger partial charge in [-0.1, -0.05) is 23.7 Å². The minimum Gasteiger partial charge on any atom is -0.388 e. The third kappa shape index (κ3) is 5.58. The van der Waals surface area contributed by atoms with Crippen molar-refractivity contribution in [2.24, 2.45) is 0 Å². The fraction of sp³-hybridized carbons (Fsp3) is 0.455. The topological polar surface area (TPSA) is 92.7 Å². The SMILES string of the molecule is O=C(CC1CC2OC(CNCc3cnccc3Cl)C(O)C2O1)NCc1ccc(F)cc1. The standard InChI is InChI=1S/C22H25ClFN3O4/c23-17-5-6-25-10-14(17)11-26-12-19-21(29)22-18(31-19)7-16(30-22)8-20(28)27-9-13-1-3-15(24)4-2-13/h1-6,10,16,18-19,21-22,26,29H,7-9,11-12H2,(H,27,28). The number of benzene rings is 1. The van der Waals surface area contributed by atoms with Crippen LogP contribution in [-0.2, 0) is 27.4 Å². The molecule has 9 heteroatoms. The van der Waals surface area contributed by atoms with Crippen LogP contribution in [0.4, 0.5) is 4.39 Å². The highest BCUT2D eigenvalue weighted by Crippen LogP contribution is 2.35. The van der Waals surface area contributed by atoms with Crippen LogP contribution in [0.1, 0.15) is 24.0 Å². The van der Waals surface area contributed by atoms with E-state index in [0.29, 0.717) is 31.1 Å². The highest BCUT2D eigenvalue weighted by Gasteiger charge is 2.50. The van der Waals surface area contributed by atoms with Gasteiger partial charge in [0.15, 0.2) is 0 Å². The van der Waals surface area contributed by atoms with E-state index >= 15 is 0 Å². The van der Waals surface area contributed by atoms with Crippen LogP contribution in [0, 0.1) is 5.82 Å². The van der Waals surface area contributed by atoms with Crippen molar-refractivity contribution in [3.05, 3.63) is 64.7 Å². The number of aromatic nitrogens is 1. The summed E-state index contributed by atoms with van der Waals surface area (Å²) in [6, 6.07) is 7.71. The molecule has 5 atom stereocenters. The number of nitrogens with one attached hydrogen (secondary N) is 2. The van der Waals surface area contributed by atoms with E-state index in [0.717, 1.165) is 11.1 Å². The molecule has 2 saturated heterocycles. The molecule has 0 aliphatic carbocycles. The van der Waals surface area contributed by atoms with Gasteiger partial charge < -0.3 is 25.2 Å². The molecule has 7 nitrogen and oxygen atoms in total. The lowest BCUT2D eigenvalue weighted by Crippen LogP contribution is -2.39. The number of halogens is 2. The van der Waals surface area contributed by atoms with E-state index in [1.54, 1.807) is 30.6 Å². The first-order valence-corrected chi connectivity index (χ1v) is 10.7. The molecule has 0 radical (unpaired) electrons. The maximum absolute atomic E-state index is 12.9. The van der Waals surface area contributed by atoms with E-state index in [2.05, 4.69) is 15.6 Å². The number of ether oxygens (including phenoxy) is 2. The molecule has 1 amide bonds. The molecule has 2 aliphatic heterocycles. The van der Waals surface area contributed by atoms with E-state index in [1.165, 1.54) is 12.1 Å². The van der Waals surface area contributed by atoms with Crippen molar-refractivity contribution in [3.63, 3.8) is 0 Å². The summed E-state index contributed by atoms with van der Waals surface area (Å²) in [5, 5.41) is 17.3. The average Bonchev–Trinajstić information content (AvgIpc) is 3.27. The second-order valence-electron chi connectivity index (χ2n) is 7.87. The molecular weight excluding hydrogens is 425 g/mol. The highest BCUT2D eigenvalue weighted by atomic mass is 35.5. The normalized spacial score (nSPS) is 27.3. The van der Waals surface area contributed by atoms with Gasteiger partial charge in [0.05, 0.1) is 24.7 Å². The second-order valence-corrected chi connectivity index (χ2v) is 8.27. The number of pyridine rings is 1. The largest absolute Gasteiger partial charge is 0.388 e. The number of fused-ring (bicyclic) bond motifs is 1. The molecule has 0 spiro atoms. The molecule has 1 aromatic carbocycles. The molecule has 166 valence electrons. The summed E-state index contributed by atoms with van der Waals surface area (Å²) in [5.74, 6) is -0.468. The Hall–Kier alpha value is -2.10. The van der Waals surface area contributed by atoms with Gasteiger partial charge >= 0.3 is 0 Å². The molecule has 0 bridgehead atoms. The summed E-state index contributed by atoms with van der Waals surface area (Å²) in [6.45, 7) is 1.30. The number of aliphatic hydroxyl groups is 1. The first kappa shape index (κ1) is 22.1. The van der Waals surface area contributed by atoms with Crippen molar-refractivity contribution in [1.82, 2.24) is 15.6 Å². The number of nitrogens with zero attached hydrogens (tertiary/aromatic N) is 1. The van der Waals surface area contributed by atoms with Gasteiger partial charge in [0.2, 0.25) is 5.91 Å². The van der Waals surface area contributed by atoms with Crippen LogP contribution >= 0.6 is 11.6 Å². The third-order valence-corrected chi connectivity index (χ3v) is 5.97. The van der Waals surface area contributed by atoms with Crippen molar-refractivity contribution < 1.29 is 23.8 Å². The third-order valence-electron chi connectivity index (χ3n) is 5.60. The van der Waals surface area contributed by atoms with Gasteiger partial charge in [-0.15, -0.1) is 0 Å². The minimum atomic E-state index is -0.769. The molecule has 3 heterocycles. The predicted molar refractivity (Wildman–Crippen MR) is 112 cm³/mol. The second kappa shape index (κ2) is 10.0. The number of carbonyl (C=O) groups is 1. The molecule has 4 rings (SSSR count). The first-order valence-electron chi connectivity index (χ1n) is 10.3. The molecule has 0 saturated carbocycles. The molecular formula is C22H25ClFN3O4. The number of carbonyl (C=O) groups excluding carboxylic acids is 1. The smallest absolute Gasteiger partial charge is 0.222 e. The Morgan fingerprint density at radius 1 is 1.23 bits per heavy atom. The summed E-state index contributed by atoms with van der Waals surface area (Å²) in [6.07, 6.45) is 1.93. The molecule has 2 aromatic rings. The van der Waals surface area contributed by atoms with Crippen LogP contribution in [0.2, 0.25) is 5.02 Å². The minimum absolute atomic E-state index is 0.157. The van der Waals surface area contributed by atoms with Gasteiger partial charge in [-0.3, -0.25) is 9.78 Å². The Kier molecular flexibility index (Phi) is 7.14. The summed E-state index contributed by atoms with van der Waals surface area (Å²) in [7, 11) is 0. The summed E-state index contributed by atoms with van der Waals surface area (Å²) in [4.78, 5) is 16.3. The van der Waals surface area contributed by atoms with Gasteiger partial charge in [-0.2, -0.15) is 0 Å². The van der Waals surface area contributed by atoms with Crippen LogP contribution in [0.5, 0.6) is 0 Å². The van der Waals surface area contributed by atoms with Crippen LogP contribution in [0.3, 0.4) is 0 Å². The summed E-state index contributed by atoms with van der Waals surface area (Å²) < 4.78 is 24.8. The number of aliphatic hydroxyl groups excluding tert-OH is 1. The van der Waals surface area contributed by atoms with Gasteiger partial charge in [0.1, 0.15) is 18.0 Å². The molecule has 1 aromatic heterocycles. The van der Waals surface area contributed by atoms with E-state index in [9.17, 15) is 14.3 Å². The van der Waals surface area contributed by atoms with Gasteiger partial charge in [0, 0.05) is 49.0 Å². The van der Waals surface area contributed by atoms with Crippen molar-refractivity contribution in [2.45, 2.75) is 56.5 Å². The Balaban J connectivity index is 1.18. The van der Waals surface area contributed by atoms with Crippen molar-refractivity contribution in [1.29, 1.82) is 0 Å². The van der Waals surface area contributed by atoms with Gasteiger partial charge in [0.25, 0.3) is 0 Å². The Labute approximate surface area is 184 Å². The maximum Gasteiger partial charge on any atom is 0.222 e. The Morgan fingerprint density at radius 2 is 2.03 bits per heavy atom. The Morgan fingerprint density at radius 3 is 2.77 bits per heavy atom. The van der Waals surface area contributed by atoms with Gasteiger partial charge in [-0.05, 0) is 23.8 Å². The van der Waals surface area contributed by atoms with Crippen LogP contribution < -0.4 is 10.6 Å². The van der Waals surface area contributed by atoms with Crippen LogP contribution in [0.25, 0.3) is 0 Å². The average molecular weight is 450 g/mol. The molecule has 3 N–H and O–H groups in total. The Bertz CT molecular complexity index is 901. The summed E-state index contributed by atoms with van der Waals surface area (Å²) >= 11 is 6.12. The number of hydrogen-bond donors (Lipinski definition) is 3. The number of hydrogen-bond acceptors (Lipinski definition) is 6. The zero-order valence-corrected chi connectivity index (χ0v) is 17.6. The number of rotatable bonds is 8. The van der Waals surface area contributed by atoms with E-state index < -0.39 is 18.3 Å². The molecule has 5 unspecified atom stereocenters. The predicted octanol–water partition coefficient (Wildman–Crippen LogP) is 1.96. The lowest BCUT2D eigenvalue weighted by atomic mass is 10.1. The molecule has 2 aliphatic rings. The van der Waals surface area contributed by atoms with Crippen LogP contribution in [-0.4, -0.2) is 53.1 Å². The van der Waals surface area contributed by atoms with E-state index in [1.807, 2.05) is 0 Å². The van der Waals surface area contributed by atoms with Crippen molar-refractivity contribution >= 4 is 17.5 Å². The van der Waals surface area contributed by atoms with E-state index in [-0.39, 0.29) is 30.4 Å². The van der Waals surface area contributed by atoms with Crippen molar-refractivity contribution in [3.8, 4) is 0 Å². The fourth-order valence-corrected chi connectivity index (χ4v) is 4.15.